The van der Waals surface area contributed by atoms with Gasteiger partial charge in [0.1, 0.15) is 7.28 Å². The monoisotopic (exact) mass is 342 g/mol. The molecule has 2 nitrogen and oxygen atoms in total. The standard InChI is InChI=1S/C17H16BBrO2/c1-18-10-16(20)14-6-2-12(3-7-14)13-4-8-15(9-5-13)17(21)11-19/h2-9,18H,10-11H2,1H3. The van der Waals surface area contributed by atoms with Crippen LogP contribution in [-0.2, 0) is 0 Å². The molecule has 0 heterocycles. The molecule has 4 heteroatoms. The van der Waals surface area contributed by atoms with Crippen LogP contribution in [0.5, 0.6) is 0 Å². The van der Waals surface area contributed by atoms with Crippen molar-refractivity contribution in [2.45, 2.75) is 13.1 Å². The predicted molar refractivity (Wildman–Crippen MR) is 92.2 cm³/mol. The molecular formula is C17H16BBrO2. The van der Waals surface area contributed by atoms with Gasteiger partial charge in [-0.05, 0) is 17.4 Å². The van der Waals surface area contributed by atoms with Crippen LogP contribution in [0.1, 0.15) is 20.7 Å². The van der Waals surface area contributed by atoms with E-state index in [0.717, 1.165) is 24.0 Å². The number of alkyl halides is 1. The summed E-state index contributed by atoms with van der Waals surface area (Å²) < 4.78 is 0. The number of halogens is 1. The highest BCUT2D eigenvalue weighted by Gasteiger charge is 2.07. The van der Waals surface area contributed by atoms with Crippen molar-refractivity contribution in [2.24, 2.45) is 0 Å². The van der Waals surface area contributed by atoms with Gasteiger partial charge in [-0.2, -0.15) is 0 Å². The van der Waals surface area contributed by atoms with E-state index in [0.29, 0.717) is 17.2 Å². The summed E-state index contributed by atoms with van der Waals surface area (Å²) in [4.78, 5) is 23.4. The molecule has 0 saturated heterocycles. The van der Waals surface area contributed by atoms with Crippen molar-refractivity contribution in [3.05, 3.63) is 59.7 Å². The molecule has 0 amide bonds. The van der Waals surface area contributed by atoms with Crippen molar-refractivity contribution < 1.29 is 9.59 Å². The molecule has 0 unspecified atom stereocenters. The van der Waals surface area contributed by atoms with Gasteiger partial charge in [-0.25, -0.2) is 0 Å². The number of Topliss-reactive ketones (excluding diaryl/α,β-unsaturated/α-hetero) is 2. The van der Waals surface area contributed by atoms with Crippen molar-refractivity contribution >= 4 is 34.8 Å². The summed E-state index contributed by atoms with van der Waals surface area (Å²) in [6, 6.07) is 15.1. The van der Waals surface area contributed by atoms with E-state index >= 15 is 0 Å². The van der Waals surface area contributed by atoms with Crippen LogP contribution >= 0.6 is 15.9 Å². The van der Waals surface area contributed by atoms with Crippen LogP contribution in [0.15, 0.2) is 48.5 Å². The predicted octanol–water partition coefficient (Wildman–Crippen LogP) is 4.02. The van der Waals surface area contributed by atoms with E-state index in [2.05, 4.69) is 15.9 Å². The van der Waals surface area contributed by atoms with Gasteiger partial charge in [-0.15, -0.1) is 0 Å². The summed E-state index contributed by atoms with van der Waals surface area (Å²) in [7, 11) is 0.865. The maximum Gasteiger partial charge on any atom is 0.173 e. The van der Waals surface area contributed by atoms with Crippen molar-refractivity contribution in [3.63, 3.8) is 0 Å². The van der Waals surface area contributed by atoms with Crippen molar-refractivity contribution in [3.8, 4) is 11.1 Å². The van der Waals surface area contributed by atoms with Gasteiger partial charge in [-0.1, -0.05) is 71.3 Å². The molecule has 2 rings (SSSR count). The van der Waals surface area contributed by atoms with E-state index < -0.39 is 0 Å². The SMILES string of the molecule is CBCC(=O)c1ccc(-c2ccc(C(=O)CBr)cc2)cc1. The second-order valence-corrected chi connectivity index (χ2v) is 5.45. The average Bonchev–Trinajstić information content (AvgIpc) is 2.54. The Bertz CT molecular complexity index is 633. The number of benzene rings is 2. The molecule has 2 aromatic carbocycles. The van der Waals surface area contributed by atoms with Crippen LogP contribution in [0.3, 0.4) is 0 Å². The maximum atomic E-state index is 11.8. The molecule has 0 aliphatic heterocycles. The Morgan fingerprint density at radius 1 is 0.857 bits per heavy atom. The lowest BCUT2D eigenvalue weighted by Crippen LogP contribution is -2.00. The first kappa shape index (κ1) is 15.7. The third-order valence-electron chi connectivity index (χ3n) is 3.35. The number of rotatable bonds is 6. The maximum absolute atomic E-state index is 11.8. The Labute approximate surface area is 133 Å². The van der Waals surface area contributed by atoms with Gasteiger partial charge >= 0.3 is 0 Å². The average molecular weight is 343 g/mol. The van der Waals surface area contributed by atoms with Gasteiger partial charge in [0, 0.05) is 11.1 Å². The van der Waals surface area contributed by atoms with Crippen LogP contribution in [-0.4, -0.2) is 24.2 Å². The molecule has 0 aliphatic carbocycles. The smallest absolute Gasteiger partial charge is 0.173 e. The molecule has 21 heavy (non-hydrogen) atoms. The summed E-state index contributed by atoms with van der Waals surface area (Å²) in [6.45, 7) is 2.00. The first-order valence-electron chi connectivity index (χ1n) is 6.98. The van der Waals surface area contributed by atoms with Gasteiger partial charge in [0.05, 0.1) is 5.33 Å². The summed E-state index contributed by atoms with van der Waals surface area (Å²) in [6.07, 6.45) is 0.586. The number of hydrogen-bond acceptors (Lipinski definition) is 2. The number of carbonyl (C=O) groups excluding carboxylic acids is 2. The van der Waals surface area contributed by atoms with E-state index in [1.54, 1.807) is 0 Å². The first-order chi connectivity index (χ1) is 10.2. The molecule has 106 valence electrons. The molecule has 2 aromatic rings. The zero-order valence-electron chi connectivity index (χ0n) is 11.9. The van der Waals surface area contributed by atoms with Crippen molar-refractivity contribution in [2.75, 3.05) is 5.33 Å². The highest BCUT2D eigenvalue weighted by Crippen LogP contribution is 2.21. The Hall–Kier alpha value is -1.68. The second-order valence-electron chi connectivity index (χ2n) is 4.88. The van der Waals surface area contributed by atoms with E-state index in [4.69, 9.17) is 0 Å². The molecule has 0 saturated carbocycles. The van der Waals surface area contributed by atoms with E-state index in [1.807, 2.05) is 55.4 Å². The first-order valence-corrected chi connectivity index (χ1v) is 8.10. The minimum absolute atomic E-state index is 0.0714. The minimum Gasteiger partial charge on any atom is -0.295 e. The van der Waals surface area contributed by atoms with Gasteiger partial charge in [-0.3, -0.25) is 9.59 Å². The van der Waals surface area contributed by atoms with Crippen LogP contribution in [0.4, 0.5) is 0 Å². The van der Waals surface area contributed by atoms with Crippen molar-refractivity contribution in [1.29, 1.82) is 0 Å². The normalized spacial score (nSPS) is 10.2. The third-order valence-corrected chi connectivity index (χ3v) is 3.85. The van der Waals surface area contributed by atoms with Crippen LogP contribution in [0.2, 0.25) is 13.1 Å². The van der Waals surface area contributed by atoms with Gasteiger partial charge in [0.2, 0.25) is 0 Å². The van der Waals surface area contributed by atoms with Gasteiger partial charge < -0.3 is 0 Å². The molecule has 0 fully saturated rings. The molecule has 0 radical (unpaired) electrons. The Balaban J connectivity index is 2.19. The fourth-order valence-corrected chi connectivity index (χ4v) is 2.47. The van der Waals surface area contributed by atoms with Gasteiger partial charge in [0.15, 0.2) is 11.6 Å². The molecule has 0 aliphatic rings. The number of hydrogen-bond donors (Lipinski definition) is 0. The zero-order chi connectivity index (χ0) is 15.2. The van der Waals surface area contributed by atoms with E-state index in [-0.39, 0.29) is 11.6 Å². The summed E-state index contributed by atoms with van der Waals surface area (Å²) in [5.74, 6) is 0.254. The lowest BCUT2D eigenvalue weighted by atomic mass is 9.75. The van der Waals surface area contributed by atoms with Crippen LogP contribution in [0.25, 0.3) is 11.1 Å². The molecule has 0 atom stereocenters. The molecule has 0 bridgehead atoms. The van der Waals surface area contributed by atoms with E-state index in [1.165, 1.54) is 0 Å². The second kappa shape index (κ2) is 7.37. The lowest BCUT2D eigenvalue weighted by molar-refractivity contribution is 0.101. The quantitative estimate of drug-likeness (QED) is 0.451. The molecular weight excluding hydrogens is 327 g/mol. The topological polar surface area (TPSA) is 34.1 Å². The summed E-state index contributed by atoms with van der Waals surface area (Å²) >= 11 is 3.17. The van der Waals surface area contributed by atoms with Crippen LogP contribution < -0.4 is 0 Å². The van der Waals surface area contributed by atoms with Crippen molar-refractivity contribution in [1.82, 2.24) is 0 Å². The number of ketones is 2. The highest BCUT2D eigenvalue weighted by molar-refractivity contribution is 9.09. The third kappa shape index (κ3) is 3.91. The lowest BCUT2D eigenvalue weighted by Gasteiger charge is -2.05. The molecule has 0 N–H and O–H groups in total. The zero-order valence-corrected chi connectivity index (χ0v) is 13.5. The summed E-state index contributed by atoms with van der Waals surface area (Å²) in [5.41, 5.74) is 3.54. The summed E-state index contributed by atoms with van der Waals surface area (Å²) in [5, 5.41) is 0.334. The fourth-order valence-electron chi connectivity index (χ4n) is 2.15. The minimum atomic E-state index is 0.0714. The highest BCUT2D eigenvalue weighted by atomic mass is 79.9. The fraction of sp³-hybridized carbons (Fsp3) is 0.176. The number of carbonyl (C=O) groups is 2. The molecule has 0 spiro atoms. The Kier molecular flexibility index (Phi) is 5.51. The largest absolute Gasteiger partial charge is 0.295 e. The Morgan fingerprint density at radius 2 is 1.29 bits per heavy atom. The van der Waals surface area contributed by atoms with E-state index in [9.17, 15) is 9.59 Å². The van der Waals surface area contributed by atoms with Gasteiger partial charge in [0.25, 0.3) is 0 Å². The molecule has 0 aromatic heterocycles. The Morgan fingerprint density at radius 3 is 1.67 bits per heavy atom. The van der Waals surface area contributed by atoms with Crippen LogP contribution in [0, 0.1) is 0 Å².